The van der Waals surface area contributed by atoms with E-state index in [4.69, 9.17) is 4.74 Å². The van der Waals surface area contributed by atoms with Crippen LogP contribution in [0.3, 0.4) is 0 Å². The van der Waals surface area contributed by atoms with E-state index in [-0.39, 0.29) is 12.0 Å². The summed E-state index contributed by atoms with van der Waals surface area (Å²) in [4.78, 5) is 14.2. The molecule has 0 bridgehead atoms. The lowest BCUT2D eigenvalue weighted by Crippen LogP contribution is -2.30. The summed E-state index contributed by atoms with van der Waals surface area (Å²) in [5.41, 5.74) is 4.15. The van der Waals surface area contributed by atoms with E-state index in [0.717, 1.165) is 6.54 Å². The third-order valence-corrected chi connectivity index (χ3v) is 4.29. The van der Waals surface area contributed by atoms with E-state index in [9.17, 15) is 4.79 Å². The fraction of sp³-hybridized carbons (Fsp3) is 0.318. The number of rotatable bonds is 8. The van der Waals surface area contributed by atoms with E-state index in [2.05, 4.69) is 61.7 Å². The first-order valence-corrected chi connectivity index (χ1v) is 8.70. The van der Waals surface area contributed by atoms with Crippen LogP contribution in [-0.4, -0.2) is 24.0 Å². The van der Waals surface area contributed by atoms with Crippen LogP contribution in [0.15, 0.2) is 66.7 Å². The van der Waals surface area contributed by atoms with Crippen molar-refractivity contribution in [3.05, 3.63) is 83.4 Å². The van der Waals surface area contributed by atoms with Crippen LogP contribution in [0.25, 0.3) is 0 Å². The number of hydrogen-bond donors (Lipinski definition) is 0. The predicted octanol–water partition coefficient (Wildman–Crippen LogP) is 4.68. The van der Waals surface area contributed by atoms with Crippen molar-refractivity contribution < 1.29 is 9.53 Å². The second-order valence-electron chi connectivity index (χ2n) is 6.30. The molecule has 0 aliphatic rings. The second kappa shape index (κ2) is 9.19. The summed E-state index contributed by atoms with van der Waals surface area (Å²) in [7, 11) is 0. The van der Waals surface area contributed by atoms with Gasteiger partial charge in [-0.25, -0.2) is 4.79 Å². The van der Waals surface area contributed by atoms with Crippen LogP contribution in [0.4, 0.5) is 0 Å². The van der Waals surface area contributed by atoms with Crippen molar-refractivity contribution in [1.29, 1.82) is 0 Å². The van der Waals surface area contributed by atoms with Crippen LogP contribution in [0, 0.1) is 6.92 Å². The van der Waals surface area contributed by atoms with Crippen LogP contribution in [0.5, 0.6) is 0 Å². The average Bonchev–Trinajstić information content (AvgIpc) is 2.62. The van der Waals surface area contributed by atoms with Crippen molar-refractivity contribution in [3.63, 3.8) is 0 Å². The van der Waals surface area contributed by atoms with Gasteiger partial charge < -0.3 is 4.74 Å². The molecule has 132 valence electrons. The summed E-state index contributed by atoms with van der Waals surface area (Å²) in [6.07, 6.45) is 0. The van der Waals surface area contributed by atoms with E-state index in [1.165, 1.54) is 16.7 Å². The van der Waals surface area contributed by atoms with Gasteiger partial charge in [0, 0.05) is 24.7 Å². The highest BCUT2D eigenvalue weighted by molar-refractivity contribution is 5.88. The van der Waals surface area contributed by atoms with Crippen molar-refractivity contribution >= 4 is 5.97 Å². The van der Waals surface area contributed by atoms with Crippen LogP contribution in [0.1, 0.15) is 36.6 Å². The Hall–Kier alpha value is -2.39. The minimum absolute atomic E-state index is 0.159. The van der Waals surface area contributed by atoms with Crippen molar-refractivity contribution in [2.75, 3.05) is 13.2 Å². The molecule has 1 atom stereocenters. The molecule has 0 aliphatic heterocycles. The maximum atomic E-state index is 12.0. The van der Waals surface area contributed by atoms with E-state index < -0.39 is 0 Å². The predicted molar refractivity (Wildman–Crippen MR) is 102 cm³/mol. The number of nitrogens with zero attached hydrogens (tertiary/aromatic N) is 1. The van der Waals surface area contributed by atoms with E-state index >= 15 is 0 Å². The van der Waals surface area contributed by atoms with Gasteiger partial charge in [-0.2, -0.15) is 0 Å². The molecule has 2 aromatic carbocycles. The van der Waals surface area contributed by atoms with E-state index in [0.29, 0.717) is 18.7 Å². The molecule has 0 radical (unpaired) electrons. The zero-order valence-electron chi connectivity index (χ0n) is 15.4. The molecule has 25 heavy (non-hydrogen) atoms. The smallest absolute Gasteiger partial charge is 0.334 e. The molecule has 2 rings (SSSR count). The van der Waals surface area contributed by atoms with Gasteiger partial charge in [0.15, 0.2) is 0 Å². The highest BCUT2D eigenvalue weighted by Gasteiger charge is 2.20. The van der Waals surface area contributed by atoms with Crippen LogP contribution in [0.2, 0.25) is 0 Å². The summed E-state index contributed by atoms with van der Waals surface area (Å²) in [6, 6.07) is 19.0. The molecule has 0 spiro atoms. The van der Waals surface area contributed by atoms with E-state index in [1.54, 1.807) is 0 Å². The largest absolute Gasteiger partial charge is 0.463 e. The maximum absolute atomic E-state index is 12.0. The van der Waals surface area contributed by atoms with Gasteiger partial charge in [0.25, 0.3) is 0 Å². The first-order valence-electron chi connectivity index (χ1n) is 8.70. The minimum atomic E-state index is -0.323. The third kappa shape index (κ3) is 5.57. The van der Waals surface area contributed by atoms with Gasteiger partial charge in [-0.3, -0.25) is 4.90 Å². The average molecular weight is 337 g/mol. The molecule has 0 saturated heterocycles. The molecular weight excluding hydrogens is 310 g/mol. The lowest BCUT2D eigenvalue weighted by atomic mass is 10.0. The molecule has 0 saturated carbocycles. The lowest BCUT2D eigenvalue weighted by molar-refractivity contribution is -0.138. The molecule has 2 aromatic rings. The van der Waals surface area contributed by atoms with Crippen LogP contribution < -0.4 is 0 Å². The zero-order chi connectivity index (χ0) is 18.2. The molecule has 1 unspecified atom stereocenters. The SMILES string of the molecule is C=C(CN(Cc1ccccc1)C(C)c1ccc(C)cc1)C(=O)OCC. The van der Waals surface area contributed by atoms with Crippen LogP contribution >= 0.6 is 0 Å². The summed E-state index contributed by atoms with van der Waals surface area (Å²) in [6.45, 7) is 11.6. The summed E-state index contributed by atoms with van der Waals surface area (Å²) in [5, 5.41) is 0. The molecule has 0 fully saturated rings. The highest BCUT2D eigenvalue weighted by atomic mass is 16.5. The monoisotopic (exact) mass is 337 g/mol. The zero-order valence-corrected chi connectivity index (χ0v) is 15.4. The van der Waals surface area contributed by atoms with Crippen molar-refractivity contribution in [3.8, 4) is 0 Å². The number of aryl methyl sites for hydroxylation is 1. The number of carbonyl (C=O) groups excluding carboxylic acids is 1. The highest BCUT2D eigenvalue weighted by Crippen LogP contribution is 2.24. The van der Waals surface area contributed by atoms with Gasteiger partial charge >= 0.3 is 5.97 Å². The van der Waals surface area contributed by atoms with Gasteiger partial charge in [0.1, 0.15) is 0 Å². The number of ether oxygens (including phenoxy) is 1. The minimum Gasteiger partial charge on any atom is -0.463 e. The Balaban J connectivity index is 2.19. The van der Waals surface area contributed by atoms with Gasteiger partial charge in [0.2, 0.25) is 0 Å². The van der Waals surface area contributed by atoms with Gasteiger partial charge in [-0.05, 0) is 31.9 Å². The molecule has 3 heteroatoms. The quantitative estimate of drug-likeness (QED) is 0.517. The molecule has 3 nitrogen and oxygen atoms in total. The molecule has 0 amide bonds. The third-order valence-electron chi connectivity index (χ3n) is 4.29. The topological polar surface area (TPSA) is 29.5 Å². The number of hydrogen-bond acceptors (Lipinski definition) is 3. The van der Waals surface area contributed by atoms with Crippen LogP contribution in [-0.2, 0) is 16.1 Å². The molecular formula is C22H27NO2. The molecule has 0 N–H and O–H groups in total. The Kier molecular flexibility index (Phi) is 6.96. The fourth-order valence-corrected chi connectivity index (χ4v) is 2.75. The summed E-state index contributed by atoms with van der Waals surface area (Å²) in [5.74, 6) is -0.323. The lowest BCUT2D eigenvalue weighted by Gasteiger charge is -2.30. The standard InChI is InChI=1S/C22H27NO2/c1-5-25-22(24)18(3)15-23(16-20-9-7-6-8-10-20)19(4)21-13-11-17(2)12-14-21/h6-14,19H,3,5,15-16H2,1-2,4H3. The first-order chi connectivity index (χ1) is 12.0. The van der Waals surface area contributed by atoms with Gasteiger partial charge in [-0.1, -0.05) is 66.7 Å². The van der Waals surface area contributed by atoms with Crippen molar-refractivity contribution in [1.82, 2.24) is 4.90 Å². The summed E-state index contributed by atoms with van der Waals surface area (Å²) < 4.78 is 5.09. The van der Waals surface area contributed by atoms with E-state index in [1.807, 2.05) is 25.1 Å². The Morgan fingerprint density at radius 2 is 1.76 bits per heavy atom. The Bertz CT molecular complexity index is 692. The number of esters is 1. The number of benzene rings is 2. The normalized spacial score (nSPS) is 12.0. The number of carbonyl (C=O) groups is 1. The molecule has 0 aromatic heterocycles. The second-order valence-corrected chi connectivity index (χ2v) is 6.30. The fourth-order valence-electron chi connectivity index (χ4n) is 2.75. The van der Waals surface area contributed by atoms with Crippen molar-refractivity contribution in [2.24, 2.45) is 0 Å². The summed E-state index contributed by atoms with van der Waals surface area (Å²) >= 11 is 0. The molecule has 0 heterocycles. The van der Waals surface area contributed by atoms with Gasteiger partial charge in [0.05, 0.1) is 6.61 Å². The Morgan fingerprint density at radius 3 is 2.36 bits per heavy atom. The molecule has 0 aliphatic carbocycles. The Labute approximate surface area is 150 Å². The Morgan fingerprint density at radius 1 is 1.12 bits per heavy atom. The van der Waals surface area contributed by atoms with Gasteiger partial charge in [-0.15, -0.1) is 0 Å². The maximum Gasteiger partial charge on any atom is 0.334 e. The first kappa shape index (κ1) is 18.9. The van der Waals surface area contributed by atoms with Crippen molar-refractivity contribution in [2.45, 2.75) is 33.4 Å².